The number of carboxylic acid groups (broad SMARTS) is 2. The van der Waals surface area contributed by atoms with E-state index in [1.165, 1.54) is 83.5 Å². The van der Waals surface area contributed by atoms with Crippen LogP contribution in [0.3, 0.4) is 0 Å². The van der Waals surface area contributed by atoms with Gasteiger partial charge in [0.25, 0.3) is 11.9 Å². The van der Waals surface area contributed by atoms with Crippen molar-refractivity contribution in [3.8, 4) is 0 Å². The first-order chi connectivity index (χ1) is 21.1. The van der Waals surface area contributed by atoms with Crippen molar-refractivity contribution in [1.29, 1.82) is 0 Å². The van der Waals surface area contributed by atoms with E-state index in [0.29, 0.717) is 18.4 Å². The summed E-state index contributed by atoms with van der Waals surface area (Å²) in [6.45, 7) is 10.0. The van der Waals surface area contributed by atoms with E-state index in [9.17, 15) is 0 Å². The fourth-order valence-corrected chi connectivity index (χ4v) is 4.10. The summed E-state index contributed by atoms with van der Waals surface area (Å²) < 4.78 is 0. The smallest absolute Gasteiger partial charge is 0.870 e. The van der Waals surface area contributed by atoms with Gasteiger partial charge >= 0.3 is 51.4 Å². The second-order valence-electron chi connectivity index (χ2n) is 11.4. The van der Waals surface area contributed by atoms with Crippen molar-refractivity contribution in [2.45, 2.75) is 169 Å². The van der Waals surface area contributed by atoms with Crippen molar-refractivity contribution in [3.63, 3.8) is 0 Å². The molecule has 0 fully saturated rings. The van der Waals surface area contributed by atoms with Gasteiger partial charge in [-0.1, -0.05) is 130 Å². The molecule has 10 nitrogen and oxygen atoms in total. The van der Waals surface area contributed by atoms with E-state index in [-0.39, 0.29) is 110 Å². The van der Waals surface area contributed by atoms with Gasteiger partial charge in [-0.25, -0.2) is 0 Å². The Morgan fingerprint density at radius 2 is 0.667 bits per heavy atom. The minimum atomic E-state index is -0.833. The number of carboxylic acids is 2. The van der Waals surface area contributed by atoms with Crippen LogP contribution in [0.5, 0.6) is 0 Å². The molecule has 0 bridgehead atoms. The summed E-state index contributed by atoms with van der Waals surface area (Å²) in [5.41, 5.74) is 0. The first kappa shape index (κ1) is 70.5. The minimum Gasteiger partial charge on any atom is -0.870 e. The summed E-state index contributed by atoms with van der Waals surface area (Å²) in [5.74, 6) is -0.904. The molecule has 0 aromatic heterocycles. The van der Waals surface area contributed by atoms with Gasteiger partial charge in [-0.3, -0.25) is 9.59 Å². The molecule has 0 aromatic carbocycles. The van der Waals surface area contributed by atoms with Crippen molar-refractivity contribution < 1.29 is 122 Å². The van der Waals surface area contributed by atoms with E-state index in [1.54, 1.807) is 0 Å². The number of rotatable bonds is 25. The molecule has 0 rings (SSSR count). The van der Waals surface area contributed by atoms with Gasteiger partial charge in [0.05, 0.1) is 0 Å². The molecule has 2 atom stereocenters. The second-order valence-corrected chi connectivity index (χ2v) is 11.4. The van der Waals surface area contributed by atoms with Crippen LogP contribution >= 0.6 is 0 Å². The standard InChI is InChI=1S/C16H34O.C9H20O2.C6H14O2.2C2H4O2.CH3.K.H2O.Zn/c1-2-3-4-5-6-7-8-9-10-11-12-13-14-15-16-17;1-3-8(6-10)5-9(4-2)7-11;7-5-3-1-2-4-6-8;2*1-2(3)4;;;;/h17H,2-16H2,1H3;8-11H,3-7H2,1-2H3;7-8H,1-6H2;2*1H3,(H,3,4);1H3;;1H2;/q;;;;;-1;+1;;/p-1. The van der Waals surface area contributed by atoms with E-state index in [0.717, 1.165) is 65.2 Å². The molecule has 0 amide bonds. The van der Waals surface area contributed by atoms with Crippen LogP contribution in [0.25, 0.3) is 0 Å². The van der Waals surface area contributed by atoms with Gasteiger partial charge in [0.2, 0.25) is 0 Å². The maximum absolute atomic E-state index is 9.00. The molecule has 0 aliphatic rings. The Bertz CT molecular complexity index is 463. The van der Waals surface area contributed by atoms with Gasteiger partial charge in [0.1, 0.15) is 0 Å². The largest absolute Gasteiger partial charge is 1.00 e. The van der Waals surface area contributed by atoms with Gasteiger partial charge in [-0.05, 0) is 37.5 Å². The third-order valence-electron chi connectivity index (χ3n) is 6.92. The van der Waals surface area contributed by atoms with Crippen LogP contribution in [0.4, 0.5) is 0 Å². The number of unbranched alkanes of at least 4 members (excludes halogenated alkanes) is 16. The van der Waals surface area contributed by atoms with Crippen molar-refractivity contribution in [3.05, 3.63) is 7.43 Å². The van der Waals surface area contributed by atoms with E-state index in [1.807, 2.05) is 0 Å². The average Bonchev–Trinajstić information content (AvgIpc) is 2.99. The Morgan fingerprint density at radius 3 is 0.812 bits per heavy atom. The zero-order valence-corrected chi connectivity index (χ0v) is 38.7. The summed E-state index contributed by atoms with van der Waals surface area (Å²) in [7, 11) is 0. The van der Waals surface area contributed by atoms with Gasteiger partial charge in [0, 0.05) is 66.4 Å². The van der Waals surface area contributed by atoms with Crippen LogP contribution in [0.1, 0.15) is 169 Å². The Morgan fingerprint density at radius 1 is 0.479 bits per heavy atom. The van der Waals surface area contributed by atoms with Crippen molar-refractivity contribution in [2.24, 2.45) is 11.8 Å². The van der Waals surface area contributed by atoms with Crippen molar-refractivity contribution in [2.75, 3.05) is 33.0 Å². The zero-order valence-electron chi connectivity index (χ0n) is 32.6. The van der Waals surface area contributed by atoms with E-state index < -0.39 is 11.9 Å². The van der Waals surface area contributed by atoms with Gasteiger partial charge in [-0.2, -0.15) is 0 Å². The third-order valence-corrected chi connectivity index (χ3v) is 6.92. The Kier molecular flexibility index (Phi) is 102. The first-order valence-corrected chi connectivity index (χ1v) is 17.5. The van der Waals surface area contributed by atoms with Crippen LogP contribution in [0.15, 0.2) is 0 Å². The summed E-state index contributed by atoms with van der Waals surface area (Å²) in [4.78, 5) is 18.0. The predicted octanol–water partition coefficient (Wildman–Crippen LogP) is 4.86. The van der Waals surface area contributed by atoms with Gasteiger partial charge in [-0.15, -0.1) is 0 Å². The number of carbonyl (C=O) groups is 2. The fourth-order valence-electron chi connectivity index (χ4n) is 4.10. The van der Waals surface area contributed by atoms with Crippen molar-refractivity contribution >= 4 is 11.9 Å². The number of aliphatic hydroxyl groups is 5. The molecular weight excluding hydrogens is 697 g/mol. The maximum Gasteiger partial charge on any atom is 1.00 e. The topological polar surface area (TPSA) is 206 Å². The number of aliphatic carboxylic acids is 2. The molecule has 0 spiro atoms. The van der Waals surface area contributed by atoms with E-state index in [2.05, 4.69) is 20.8 Å². The van der Waals surface area contributed by atoms with E-state index in [4.69, 9.17) is 45.3 Å². The summed E-state index contributed by atoms with van der Waals surface area (Å²) in [6, 6.07) is 0. The first-order valence-electron chi connectivity index (χ1n) is 17.5. The Balaban J connectivity index is -0.0000000612. The monoisotopic (exact) mass is 775 g/mol. The molecular formula is C36H80KO10Zn-. The van der Waals surface area contributed by atoms with Gasteiger partial charge < -0.3 is 48.6 Å². The van der Waals surface area contributed by atoms with Crippen LogP contribution in [-0.4, -0.2) is 86.2 Å². The fraction of sp³-hybridized carbons (Fsp3) is 0.917. The Labute approximate surface area is 352 Å². The molecule has 0 heterocycles. The molecule has 0 saturated carbocycles. The minimum absolute atomic E-state index is 0. The van der Waals surface area contributed by atoms with Gasteiger partial charge in [0.15, 0.2) is 0 Å². The summed E-state index contributed by atoms with van der Waals surface area (Å²) >= 11 is 0. The predicted molar refractivity (Wildman–Crippen MR) is 191 cm³/mol. The molecule has 0 radical (unpaired) electrons. The number of hydrogen-bond acceptors (Lipinski definition) is 8. The number of hydrogen-bond donors (Lipinski definition) is 7. The van der Waals surface area contributed by atoms with Crippen LogP contribution in [0.2, 0.25) is 0 Å². The van der Waals surface area contributed by atoms with Crippen molar-refractivity contribution in [1.82, 2.24) is 0 Å². The van der Waals surface area contributed by atoms with Crippen LogP contribution in [-0.2, 0) is 29.1 Å². The van der Waals surface area contributed by atoms with Crippen LogP contribution < -0.4 is 51.4 Å². The molecule has 2 unspecified atom stereocenters. The Hall–Kier alpha value is 0.960. The SMILES string of the molecule is CC(=O)O.CC(=O)O.CCC(CO)CC(CC)CO.CCCCCCCCCCCCCCCCO.OCCCCCCO.[CH3-].[K+].[OH-].[Zn]. The molecule has 12 heteroatoms. The molecule has 0 aromatic rings. The number of aliphatic hydroxyl groups excluding tert-OH is 5. The molecule has 0 aliphatic carbocycles. The normalized spacial score (nSPS) is 10.3. The molecule has 8 N–H and O–H groups in total. The summed E-state index contributed by atoms with van der Waals surface area (Å²) in [6.07, 6.45) is 26.0. The molecule has 48 heavy (non-hydrogen) atoms. The van der Waals surface area contributed by atoms with Crippen LogP contribution in [0, 0.1) is 19.3 Å². The molecule has 288 valence electrons. The van der Waals surface area contributed by atoms with E-state index >= 15 is 0 Å². The molecule has 0 aliphatic heterocycles. The zero-order chi connectivity index (χ0) is 34.7. The third kappa shape index (κ3) is 97.1. The average molecular weight is 778 g/mol. The second kappa shape index (κ2) is 69.7. The molecule has 0 saturated heterocycles. The summed E-state index contributed by atoms with van der Waals surface area (Å²) in [5, 5.41) is 57.9. The quantitative estimate of drug-likeness (QED) is 0.0381. The maximum atomic E-state index is 9.00.